The standard InChI is InChI=1S/C20H16Cl2N2O3S/c1-24(28(26,27)17-5-3-2-4-6-17)16-11-12-18(19(22)13-16)20(25)23-15-9-7-14(21)8-10-15/h2-13H,1H3,(H,23,25). The van der Waals surface area contributed by atoms with E-state index < -0.39 is 15.9 Å². The maximum absolute atomic E-state index is 12.7. The second kappa shape index (κ2) is 8.22. The SMILES string of the molecule is CN(c1ccc(C(=O)Nc2ccc(Cl)cc2)c(Cl)c1)S(=O)(=O)c1ccccc1. The Labute approximate surface area is 173 Å². The maximum atomic E-state index is 12.7. The van der Waals surface area contributed by atoms with Crippen LogP contribution in [0.3, 0.4) is 0 Å². The van der Waals surface area contributed by atoms with Crippen LogP contribution < -0.4 is 9.62 Å². The van der Waals surface area contributed by atoms with E-state index in [-0.39, 0.29) is 15.5 Å². The summed E-state index contributed by atoms with van der Waals surface area (Å²) in [5, 5.41) is 3.41. The van der Waals surface area contributed by atoms with Crippen molar-refractivity contribution in [3.05, 3.63) is 88.4 Å². The lowest BCUT2D eigenvalue weighted by atomic mass is 10.2. The van der Waals surface area contributed by atoms with E-state index in [4.69, 9.17) is 23.2 Å². The van der Waals surface area contributed by atoms with Gasteiger partial charge in [-0.15, -0.1) is 0 Å². The minimum Gasteiger partial charge on any atom is -0.322 e. The van der Waals surface area contributed by atoms with Gasteiger partial charge in [0, 0.05) is 17.8 Å². The number of benzene rings is 3. The Morgan fingerprint density at radius 1 is 0.929 bits per heavy atom. The first-order valence-electron chi connectivity index (χ1n) is 8.19. The summed E-state index contributed by atoms with van der Waals surface area (Å²) in [7, 11) is -2.30. The number of nitrogens with one attached hydrogen (secondary N) is 1. The molecule has 3 aromatic rings. The first-order chi connectivity index (χ1) is 13.3. The molecule has 0 aromatic heterocycles. The fourth-order valence-corrected chi connectivity index (χ4v) is 4.10. The van der Waals surface area contributed by atoms with E-state index in [9.17, 15) is 13.2 Å². The molecule has 28 heavy (non-hydrogen) atoms. The van der Waals surface area contributed by atoms with Crippen LogP contribution in [0, 0.1) is 0 Å². The molecule has 0 fully saturated rings. The van der Waals surface area contributed by atoms with Crippen LogP contribution in [-0.2, 0) is 10.0 Å². The molecule has 144 valence electrons. The Balaban J connectivity index is 1.83. The third kappa shape index (κ3) is 4.30. The minimum atomic E-state index is -3.73. The zero-order valence-electron chi connectivity index (χ0n) is 14.8. The van der Waals surface area contributed by atoms with Crippen LogP contribution in [0.1, 0.15) is 10.4 Å². The van der Waals surface area contributed by atoms with Crippen molar-refractivity contribution in [3.63, 3.8) is 0 Å². The highest BCUT2D eigenvalue weighted by molar-refractivity contribution is 7.92. The summed E-state index contributed by atoms with van der Waals surface area (Å²) in [5.41, 5.74) is 1.14. The number of nitrogens with zero attached hydrogens (tertiary/aromatic N) is 1. The molecule has 0 saturated carbocycles. The molecule has 0 aliphatic heterocycles. The molecule has 3 aromatic carbocycles. The van der Waals surface area contributed by atoms with Crippen molar-refractivity contribution in [1.82, 2.24) is 0 Å². The lowest BCUT2D eigenvalue weighted by Crippen LogP contribution is -2.26. The Morgan fingerprint density at radius 3 is 2.18 bits per heavy atom. The summed E-state index contributed by atoms with van der Waals surface area (Å²) in [6.07, 6.45) is 0. The molecule has 0 aliphatic carbocycles. The number of halogens is 2. The van der Waals surface area contributed by atoms with Crippen LogP contribution >= 0.6 is 23.2 Å². The van der Waals surface area contributed by atoms with Gasteiger partial charge in [0.2, 0.25) is 0 Å². The van der Waals surface area contributed by atoms with E-state index in [0.29, 0.717) is 16.4 Å². The van der Waals surface area contributed by atoms with Crippen LogP contribution in [-0.4, -0.2) is 21.4 Å². The van der Waals surface area contributed by atoms with Crippen LogP contribution in [0.2, 0.25) is 10.0 Å². The molecule has 0 spiro atoms. The lowest BCUT2D eigenvalue weighted by molar-refractivity contribution is 0.102. The van der Waals surface area contributed by atoms with Gasteiger partial charge in [-0.25, -0.2) is 8.42 Å². The lowest BCUT2D eigenvalue weighted by Gasteiger charge is -2.20. The Kier molecular flexibility index (Phi) is 5.93. The molecule has 0 radical (unpaired) electrons. The van der Waals surface area contributed by atoms with Crippen LogP contribution in [0.4, 0.5) is 11.4 Å². The molecule has 3 rings (SSSR count). The van der Waals surface area contributed by atoms with Gasteiger partial charge in [-0.1, -0.05) is 41.4 Å². The summed E-state index contributed by atoms with van der Waals surface area (Å²) in [6.45, 7) is 0. The number of rotatable bonds is 5. The Morgan fingerprint density at radius 2 is 1.57 bits per heavy atom. The Hall–Kier alpha value is -2.54. The number of carbonyl (C=O) groups is 1. The summed E-state index contributed by atoms with van der Waals surface area (Å²) in [4.78, 5) is 12.6. The van der Waals surface area contributed by atoms with Gasteiger partial charge in [0.25, 0.3) is 15.9 Å². The quantitative estimate of drug-likeness (QED) is 0.609. The van der Waals surface area contributed by atoms with Gasteiger partial charge in [-0.05, 0) is 54.6 Å². The van der Waals surface area contributed by atoms with E-state index in [1.165, 1.54) is 37.4 Å². The number of hydrogen-bond acceptors (Lipinski definition) is 3. The van der Waals surface area contributed by atoms with Crippen molar-refractivity contribution in [3.8, 4) is 0 Å². The van der Waals surface area contributed by atoms with Gasteiger partial charge >= 0.3 is 0 Å². The fourth-order valence-electron chi connectivity index (χ4n) is 2.51. The molecule has 5 nitrogen and oxygen atoms in total. The summed E-state index contributed by atoms with van der Waals surface area (Å²) in [6, 6.07) is 19.2. The highest BCUT2D eigenvalue weighted by Crippen LogP contribution is 2.27. The minimum absolute atomic E-state index is 0.138. The van der Waals surface area contributed by atoms with Crippen LogP contribution in [0.15, 0.2) is 77.7 Å². The average molecular weight is 435 g/mol. The molecule has 0 atom stereocenters. The number of amides is 1. The smallest absolute Gasteiger partial charge is 0.264 e. The van der Waals surface area contributed by atoms with E-state index in [0.717, 1.165) is 4.31 Å². The van der Waals surface area contributed by atoms with Crippen molar-refractivity contribution in [2.45, 2.75) is 4.90 Å². The van der Waals surface area contributed by atoms with Gasteiger partial charge in [0.15, 0.2) is 0 Å². The van der Waals surface area contributed by atoms with Gasteiger partial charge in [0.1, 0.15) is 0 Å². The van der Waals surface area contributed by atoms with Crippen molar-refractivity contribution in [1.29, 1.82) is 0 Å². The van der Waals surface area contributed by atoms with Gasteiger partial charge in [0.05, 0.1) is 21.2 Å². The molecule has 0 saturated heterocycles. The predicted molar refractivity (Wildman–Crippen MR) is 113 cm³/mol. The summed E-state index contributed by atoms with van der Waals surface area (Å²) >= 11 is 12.1. The number of sulfonamides is 1. The highest BCUT2D eigenvalue weighted by Gasteiger charge is 2.22. The largest absolute Gasteiger partial charge is 0.322 e. The third-order valence-electron chi connectivity index (χ3n) is 4.06. The van der Waals surface area contributed by atoms with E-state index in [2.05, 4.69) is 5.32 Å². The second-order valence-corrected chi connectivity index (χ2v) is 8.72. The summed E-state index contributed by atoms with van der Waals surface area (Å²) in [5.74, 6) is -0.410. The molecule has 1 N–H and O–H groups in total. The predicted octanol–water partition coefficient (Wildman–Crippen LogP) is 5.07. The van der Waals surface area contributed by atoms with Crippen molar-refractivity contribution in [2.75, 3.05) is 16.7 Å². The normalized spacial score (nSPS) is 11.1. The van der Waals surface area contributed by atoms with Crippen molar-refractivity contribution >= 4 is 50.5 Å². The molecule has 0 unspecified atom stereocenters. The molecular weight excluding hydrogens is 419 g/mol. The fraction of sp³-hybridized carbons (Fsp3) is 0.0500. The zero-order valence-corrected chi connectivity index (χ0v) is 17.1. The highest BCUT2D eigenvalue weighted by atomic mass is 35.5. The number of anilines is 2. The maximum Gasteiger partial charge on any atom is 0.264 e. The van der Waals surface area contributed by atoms with E-state index in [1.54, 1.807) is 42.5 Å². The molecule has 0 heterocycles. The topological polar surface area (TPSA) is 66.5 Å². The monoisotopic (exact) mass is 434 g/mol. The van der Waals surface area contributed by atoms with Crippen molar-refractivity contribution in [2.24, 2.45) is 0 Å². The summed E-state index contributed by atoms with van der Waals surface area (Å²) < 4.78 is 26.6. The number of hydrogen-bond donors (Lipinski definition) is 1. The number of carbonyl (C=O) groups excluding carboxylic acids is 1. The molecule has 8 heteroatoms. The van der Waals surface area contributed by atoms with Gasteiger partial charge in [-0.2, -0.15) is 0 Å². The van der Waals surface area contributed by atoms with Crippen LogP contribution in [0.25, 0.3) is 0 Å². The van der Waals surface area contributed by atoms with Crippen molar-refractivity contribution < 1.29 is 13.2 Å². The molecular formula is C20H16Cl2N2O3S. The first kappa shape index (κ1) is 20.2. The van der Waals surface area contributed by atoms with Gasteiger partial charge < -0.3 is 5.32 Å². The van der Waals surface area contributed by atoms with Gasteiger partial charge in [-0.3, -0.25) is 9.10 Å². The van der Waals surface area contributed by atoms with Crippen LogP contribution in [0.5, 0.6) is 0 Å². The molecule has 1 amide bonds. The molecule has 0 bridgehead atoms. The third-order valence-corrected chi connectivity index (χ3v) is 6.43. The Bertz CT molecular complexity index is 1100. The zero-order chi connectivity index (χ0) is 20.3. The van der Waals surface area contributed by atoms with E-state index >= 15 is 0 Å². The second-order valence-electron chi connectivity index (χ2n) is 5.91. The molecule has 0 aliphatic rings. The van der Waals surface area contributed by atoms with E-state index in [1.807, 2.05) is 0 Å². The first-order valence-corrected chi connectivity index (χ1v) is 10.4. The average Bonchev–Trinajstić information content (AvgIpc) is 2.69.